The van der Waals surface area contributed by atoms with Crippen LogP contribution in [0.25, 0.3) is 0 Å². The quantitative estimate of drug-likeness (QED) is 0.877. The van der Waals surface area contributed by atoms with Gasteiger partial charge in [0.05, 0.1) is 25.0 Å². The Bertz CT molecular complexity index is 567. The second-order valence-electron chi connectivity index (χ2n) is 5.15. The van der Waals surface area contributed by atoms with Crippen LogP contribution in [0.3, 0.4) is 0 Å². The van der Waals surface area contributed by atoms with Crippen LogP contribution in [0.5, 0.6) is 5.75 Å². The average Bonchev–Trinajstić information content (AvgIpc) is 2.53. The molecule has 0 amide bonds. The molecular formula is C17H23N3O. The lowest BCUT2D eigenvalue weighted by Crippen LogP contribution is -2.13. The SMILES string of the molecule is CCC(Nc1ccc(N(C)C)nc1)c1ccccc1OC. The minimum Gasteiger partial charge on any atom is -0.496 e. The normalized spacial score (nSPS) is 11.8. The molecule has 1 aromatic heterocycles. The smallest absolute Gasteiger partial charge is 0.128 e. The summed E-state index contributed by atoms with van der Waals surface area (Å²) in [6.07, 6.45) is 2.84. The molecule has 1 heterocycles. The van der Waals surface area contributed by atoms with Crippen molar-refractivity contribution in [2.75, 3.05) is 31.4 Å². The standard InChI is InChI=1S/C17H23N3O/c1-5-15(14-8-6-7-9-16(14)21-4)19-13-10-11-17(18-12-13)20(2)3/h6-12,15,19H,5H2,1-4H3. The van der Waals surface area contributed by atoms with Crippen LogP contribution in [-0.2, 0) is 0 Å². The average molecular weight is 285 g/mol. The summed E-state index contributed by atoms with van der Waals surface area (Å²) >= 11 is 0. The monoisotopic (exact) mass is 285 g/mol. The van der Waals surface area contributed by atoms with Gasteiger partial charge in [0.25, 0.3) is 0 Å². The highest BCUT2D eigenvalue weighted by molar-refractivity contribution is 5.50. The van der Waals surface area contributed by atoms with Crippen molar-refractivity contribution in [1.82, 2.24) is 4.98 Å². The lowest BCUT2D eigenvalue weighted by Gasteiger charge is -2.21. The van der Waals surface area contributed by atoms with E-state index in [0.29, 0.717) is 0 Å². The van der Waals surface area contributed by atoms with E-state index in [4.69, 9.17) is 4.74 Å². The number of anilines is 2. The van der Waals surface area contributed by atoms with Gasteiger partial charge < -0.3 is 15.0 Å². The van der Waals surface area contributed by atoms with Crippen molar-refractivity contribution >= 4 is 11.5 Å². The van der Waals surface area contributed by atoms with Crippen molar-refractivity contribution in [2.24, 2.45) is 0 Å². The van der Waals surface area contributed by atoms with Gasteiger partial charge in [0.2, 0.25) is 0 Å². The number of hydrogen-bond acceptors (Lipinski definition) is 4. The Balaban J connectivity index is 2.19. The molecule has 0 spiro atoms. The van der Waals surface area contributed by atoms with Gasteiger partial charge in [-0.05, 0) is 24.6 Å². The number of nitrogens with one attached hydrogen (secondary N) is 1. The Labute approximate surface area is 126 Å². The molecule has 0 bridgehead atoms. The van der Waals surface area contributed by atoms with Crippen LogP contribution in [0.2, 0.25) is 0 Å². The van der Waals surface area contributed by atoms with E-state index in [1.165, 1.54) is 5.56 Å². The predicted octanol–water partition coefficient (Wildman–Crippen LogP) is 3.72. The van der Waals surface area contributed by atoms with Crippen LogP contribution < -0.4 is 15.0 Å². The number of pyridine rings is 1. The zero-order chi connectivity index (χ0) is 15.2. The maximum Gasteiger partial charge on any atom is 0.128 e. The van der Waals surface area contributed by atoms with E-state index in [0.717, 1.165) is 23.7 Å². The third kappa shape index (κ3) is 3.66. The van der Waals surface area contributed by atoms with Gasteiger partial charge in [-0.25, -0.2) is 4.98 Å². The molecule has 1 unspecified atom stereocenters. The minimum absolute atomic E-state index is 0.202. The highest BCUT2D eigenvalue weighted by atomic mass is 16.5. The molecule has 2 rings (SSSR count). The van der Waals surface area contributed by atoms with Gasteiger partial charge in [-0.15, -0.1) is 0 Å². The summed E-state index contributed by atoms with van der Waals surface area (Å²) in [4.78, 5) is 6.42. The van der Waals surface area contributed by atoms with Crippen molar-refractivity contribution in [3.8, 4) is 5.75 Å². The molecule has 1 N–H and O–H groups in total. The fourth-order valence-corrected chi connectivity index (χ4v) is 2.29. The summed E-state index contributed by atoms with van der Waals surface area (Å²) in [7, 11) is 5.68. The maximum absolute atomic E-state index is 5.45. The Morgan fingerprint density at radius 1 is 1.19 bits per heavy atom. The zero-order valence-corrected chi connectivity index (χ0v) is 13.1. The topological polar surface area (TPSA) is 37.4 Å². The molecule has 0 aliphatic rings. The molecule has 0 fully saturated rings. The van der Waals surface area contributed by atoms with Gasteiger partial charge in [0, 0.05) is 19.7 Å². The number of ether oxygens (including phenoxy) is 1. The Morgan fingerprint density at radius 2 is 1.95 bits per heavy atom. The molecular weight excluding hydrogens is 262 g/mol. The van der Waals surface area contributed by atoms with Gasteiger partial charge in [0.1, 0.15) is 11.6 Å². The zero-order valence-electron chi connectivity index (χ0n) is 13.1. The van der Waals surface area contributed by atoms with Gasteiger partial charge in [-0.2, -0.15) is 0 Å². The Kier molecular flexibility index (Phi) is 5.04. The van der Waals surface area contributed by atoms with E-state index in [1.807, 2.05) is 49.5 Å². The second kappa shape index (κ2) is 6.97. The summed E-state index contributed by atoms with van der Waals surface area (Å²) in [5, 5.41) is 3.52. The molecule has 1 aromatic carbocycles. The molecule has 0 aliphatic heterocycles. The molecule has 4 nitrogen and oxygen atoms in total. The third-order valence-corrected chi connectivity index (χ3v) is 3.47. The molecule has 0 radical (unpaired) electrons. The van der Waals surface area contributed by atoms with Crippen molar-refractivity contribution in [2.45, 2.75) is 19.4 Å². The number of methoxy groups -OCH3 is 1. The predicted molar refractivity (Wildman–Crippen MR) is 88.2 cm³/mol. The summed E-state index contributed by atoms with van der Waals surface area (Å²) in [5.74, 6) is 1.86. The van der Waals surface area contributed by atoms with E-state index in [9.17, 15) is 0 Å². The molecule has 0 saturated carbocycles. The number of hydrogen-bond donors (Lipinski definition) is 1. The molecule has 2 aromatic rings. The molecule has 0 aliphatic carbocycles. The number of para-hydroxylation sites is 1. The Hall–Kier alpha value is -2.23. The lowest BCUT2D eigenvalue weighted by molar-refractivity contribution is 0.406. The largest absolute Gasteiger partial charge is 0.496 e. The summed E-state index contributed by atoms with van der Waals surface area (Å²) in [6, 6.07) is 12.4. The van der Waals surface area contributed by atoms with E-state index >= 15 is 0 Å². The van der Waals surface area contributed by atoms with Crippen LogP contribution >= 0.6 is 0 Å². The number of aromatic nitrogens is 1. The summed E-state index contributed by atoms with van der Waals surface area (Å²) in [5.41, 5.74) is 2.18. The number of benzene rings is 1. The molecule has 1 atom stereocenters. The second-order valence-corrected chi connectivity index (χ2v) is 5.15. The summed E-state index contributed by atoms with van der Waals surface area (Å²) in [6.45, 7) is 2.16. The lowest BCUT2D eigenvalue weighted by atomic mass is 10.0. The maximum atomic E-state index is 5.45. The first-order valence-electron chi connectivity index (χ1n) is 7.18. The van der Waals surface area contributed by atoms with Gasteiger partial charge in [-0.1, -0.05) is 25.1 Å². The Morgan fingerprint density at radius 3 is 2.52 bits per heavy atom. The van der Waals surface area contributed by atoms with Crippen LogP contribution in [0.4, 0.5) is 11.5 Å². The van der Waals surface area contributed by atoms with Crippen LogP contribution in [0.15, 0.2) is 42.6 Å². The van der Waals surface area contributed by atoms with Crippen molar-refractivity contribution < 1.29 is 4.74 Å². The van der Waals surface area contributed by atoms with Gasteiger partial charge >= 0.3 is 0 Å². The first-order valence-corrected chi connectivity index (χ1v) is 7.18. The molecule has 4 heteroatoms. The van der Waals surface area contributed by atoms with E-state index in [-0.39, 0.29) is 6.04 Å². The van der Waals surface area contributed by atoms with Crippen LogP contribution in [0, 0.1) is 0 Å². The van der Waals surface area contributed by atoms with Crippen molar-refractivity contribution in [3.05, 3.63) is 48.2 Å². The van der Waals surface area contributed by atoms with Gasteiger partial charge in [-0.3, -0.25) is 0 Å². The van der Waals surface area contributed by atoms with Crippen molar-refractivity contribution in [3.63, 3.8) is 0 Å². The third-order valence-electron chi connectivity index (χ3n) is 3.47. The van der Waals surface area contributed by atoms with E-state index < -0.39 is 0 Å². The molecule has 112 valence electrons. The van der Waals surface area contributed by atoms with Crippen LogP contribution in [-0.4, -0.2) is 26.2 Å². The minimum atomic E-state index is 0.202. The highest BCUT2D eigenvalue weighted by Gasteiger charge is 2.14. The number of rotatable bonds is 6. The molecule has 21 heavy (non-hydrogen) atoms. The van der Waals surface area contributed by atoms with E-state index in [1.54, 1.807) is 7.11 Å². The first kappa shape index (κ1) is 15.2. The first-order chi connectivity index (χ1) is 10.2. The fraction of sp³-hybridized carbons (Fsp3) is 0.353. The van der Waals surface area contributed by atoms with Crippen LogP contribution in [0.1, 0.15) is 24.9 Å². The summed E-state index contributed by atoms with van der Waals surface area (Å²) < 4.78 is 5.45. The number of nitrogens with zero attached hydrogens (tertiary/aromatic N) is 2. The fourth-order valence-electron chi connectivity index (χ4n) is 2.29. The van der Waals surface area contributed by atoms with E-state index in [2.05, 4.69) is 29.4 Å². The molecule has 0 saturated heterocycles. The van der Waals surface area contributed by atoms with Crippen molar-refractivity contribution in [1.29, 1.82) is 0 Å². The van der Waals surface area contributed by atoms with Gasteiger partial charge in [0.15, 0.2) is 0 Å². The highest BCUT2D eigenvalue weighted by Crippen LogP contribution is 2.29.